The summed E-state index contributed by atoms with van der Waals surface area (Å²) in [4.78, 5) is 38.4. The van der Waals surface area contributed by atoms with Crippen molar-refractivity contribution in [3.8, 4) is 0 Å². The summed E-state index contributed by atoms with van der Waals surface area (Å²) in [5, 5.41) is 4.52. The van der Waals surface area contributed by atoms with Crippen LogP contribution in [0.3, 0.4) is 0 Å². The van der Waals surface area contributed by atoms with Gasteiger partial charge in [0.25, 0.3) is 5.91 Å². The smallest absolute Gasteiger partial charge is 0.345 e. The predicted molar refractivity (Wildman–Crippen MR) is 88.9 cm³/mol. The molecule has 0 bridgehead atoms. The van der Waals surface area contributed by atoms with Crippen LogP contribution in [0.25, 0.3) is 0 Å². The molecule has 2 aliphatic heterocycles. The lowest BCUT2D eigenvalue weighted by molar-refractivity contribution is -0.140. The molecular formula is C16H16F3N3O3S. The number of thioether (sulfide) groups is 1. The Labute approximate surface area is 151 Å². The topological polar surface area (TPSA) is 78.5 Å². The third-order valence-corrected chi connectivity index (χ3v) is 5.21. The number of nitrogens with zero attached hydrogens (tertiary/aromatic N) is 1. The first kappa shape index (κ1) is 18.6. The summed E-state index contributed by atoms with van der Waals surface area (Å²) in [5.74, 6) is -1.12. The van der Waals surface area contributed by atoms with Gasteiger partial charge in [-0.3, -0.25) is 14.4 Å². The number of anilines is 1. The first-order chi connectivity index (χ1) is 12.2. The molecule has 1 fully saturated rings. The predicted octanol–water partition coefficient (Wildman–Crippen LogP) is 2.01. The molecule has 10 heteroatoms. The average Bonchev–Trinajstić information content (AvgIpc) is 3.07. The maximum Gasteiger partial charge on any atom is 0.405 e. The van der Waals surface area contributed by atoms with Crippen molar-refractivity contribution in [2.45, 2.75) is 30.0 Å². The molecular weight excluding hydrogens is 371 g/mol. The number of carbonyl (C=O) groups is 3. The summed E-state index contributed by atoms with van der Waals surface area (Å²) in [7, 11) is 0. The second kappa shape index (κ2) is 7.18. The van der Waals surface area contributed by atoms with Crippen molar-refractivity contribution < 1.29 is 27.6 Å². The molecule has 26 heavy (non-hydrogen) atoms. The van der Waals surface area contributed by atoms with Crippen molar-refractivity contribution in [2.75, 3.05) is 24.2 Å². The highest BCUT2D eigenvalue weighted by Crippen LogP contribution is 2.33. The number of halogens is 3. The van der Waals surface area contributed by atoms with E-state index < -0.39 is 30.6 Å². The number of carbonyl (C=O) groups excluding carboxylic acids is 3. The summed E-state index contributed by atoms with van der Waals surface area (Å²) in [6.07, 6.45) is -3.65. The normalized spacial score (nSPS) is 19.7. The van der Waals surface area contributed by atoms with Crippen LogP contribution in [0, 0.1) is 0 Å². The molecule has 140 valence electrons. The molecule has 3 rings (SSSR count). The van der Waals surface area contributed by atoms with E-state index in [1.165, 1.54) is 22.7 Å². The molecule has 1 aromatic rings. The molecule has 0 aromatic heterocycles. The fraction of sp³-hybridized carbons (Fsp3) is 0.438. The second-order valence-electron chi connectivity index (χ2n) is 6.04. The molecule has 1 atom stereocenters. The number of likely N-dealkylation sites (tertiary alicyclic amines) is 1. The molecule has 3 amide bonds. The Balaban J connectivity index is 1.73. The molecule has 1 saturated heterocycles. The summed E-state index contributed by atoms with van der Waals surface area (Å²) < 4.78 is 36.9. The van der Waals surface area contributed by atoms with Crippen molar-refractivity contribution >= 4 is 35.2 Å². The molecule has 2 N–H and O–H groups in total. The first-order valence-corrected chi connectivity index (χ1v) is 8.95. The lowest BCUT2D eigenvalue weighted by Gasteiger charge is -2.25. The lowest BCUT2D eigenvalue weighted by atomic mass is 10.1. The largest absolute Gasteiger partial charge is 0.405 e. The molecule has 0 spiro atoms. The zero-order chi connectivity index (χ0) is 18.9. The second-order valence-corrected chi connectivity index (χ2v) is 7.05. The average molecular weight is 387 g/mol. The first-order valence-electron chi connectivity index (χ1n) is 7.97. The molecule has 2 aliphatic rings. The van der Waals surface area contributed by atoms with E-state index in [4.69, 9.17) is 0 Å². The van der Waals surface area contributed by atoms with Crippen molar-refractivity contribution in [3.05, 3.63) is 23.8 Å². The van der Waals surface area contributed by atoms with Gasteiger partial charge in [0.1, 0.15) is 12.6 Å². The number of benzene rings is 1. The monoisotopic (exact) mass is 387 g/mol. The highest BCUT2D eigenvalue weighted by atomic mass is 32.2. The molecule has 1 aromatic carbocycles. The van der Waals surface area contributed by atoms with Crippen LogP contribution < -0.4 is 10.6 Å². The summed E-state index contributed by atoms with van der Waals surface area (Å²) >= 11 is 1.36. The van der Waals surface area contributed by atoms with Gasteiger partial charge in [0.15, 0.2) is 0 Å². The number of rotatable bonds is 3. The maximum absolute atomic E-state index is 12.7. The van der Waals surface area contributed by atoms with Gasteiger partial charge < -0.3 is 15.5 Å². The summed E-state index contributed by atoms with van der Waals surface area (Å²) in [6, 6.07) is 3.91. The van der Waals surface area contributed by atoms with Crippen molar-refractivity contribution in [3.63, 3.8) is 0 Å². The van der Waals surface area contributed by atoms with Gasteiger partial charge in [0, 0.05) is 17.0 Å². The van der Waals surface area contributed by atoms with Crippen LogP contribution in [0.15, 0.2) is 23.1 Å². The minimum atomic E-state index is -4.50. The molecule has 2 heterocycles. The van der Waals surface area contributed by atoms with Crippen molar-refractivity contribution in [2.24, 2.45) is 0 Å². The molecule has 0 saturated carbocycles. The highest BCUT2D eigenvalue weighted by Gasteiger charge is 2.36. The van der Waals surface area contributed by atoms with Crippen molar-refractivity contribution in [1.82, 2.24) is 10.2 Å². The number of nitrogens with one attached hydrogen (secondary N) is 2. The lowest BCUT2D eigenvalue weighted by Crippen LogP contribution is -2.48. The Bertz CT molecular complexity index is 754. The maximum atomic E-state index is 12.7. The Morgan fingerprint density at radius 3 is 2.85 bits per heavy atom. The van der Waals surface area contributed by atoms with E-state index in [0.29, 0.717) is 30.8 Å². The van der Waals surface area contributed by atoms with Crippen LogP contribution in [-0.2, 0) is 9.59 Å². The van der Waals surface area contributed by atoms with Gasteiger partial charge >= 0.3 is 6.18 Å². The zero-order valence-electron chi connectivity index (χ0n) is 13.6. The standard InChI is InChI=1S/C16H16F3N3O3S/c17-16(18,19)8-20-14(24)11-2-1-5-22(11)15(25)9-3-4-12-10(6-9)21-13(23)7-26-12/h3-4,6,11H,1-2,5,7-8H2,(H,20,24)(H,21,23). The van der Waals surface area contributed by atoms with Gasteiger partial charge in [0.05, 0.1) is 11.4 Å². The fourth-order valence-electron chi connectivity index (χ4n) is 2.97. The van der Waals surface area contributed by atoms with Crippen LogP contribution >= 0.6 is 11.8 Å². The van der Waals surface area contributed by atoms with E-state index in [9.17, 15) is 27.6 Å². The fourth-order valence-corrected chi connectivity index (χ4v) is 3.76. The minimum absolute atomic E-state index is 0.169. The molecule has 1 unspecified atom stereocenters. The van der Waals surface area contributed by atoms with Gasteiger partial charge in [-0.05, 0) is 31.0 Å². The Hall–Kier alpha value is -2.23. The van der Waals surface area contributed by atoms with Crippen LogP contribution in [0.2, 0.25) is 0 Å². The molecule has 0 radical (unpaired) electrons. The van der Waals surface area contributed by atoms with E-state index in [2.05, 4.69) is 5.32 Å². The van der Waals surface area contributed by atoms with Crippen molar-refractivity contribution in [1.29, 1.82) is 0 Å². The van der Waals surface area contributed by atoms with Gasteiger partial charge in [-0.25, -0.2) is 0 Å². The summed E-state index contributed by atoms with van der Waals surface area (Å²) in [5.41, 5.74) is 0.802. The van der Waals surface area contributed by atoms with E-state index in [1.807, 2.05) is 5.32 Å². The number of hydrogen-bond donors (Lipinski definition) is 2. The Kier molecular flexibility index (Phi) is 5.12. The highest BCUT2D eigenvalue weighted by molar-refractivity contribution is 8.00. The molecule has 0 aliphatic carbocycles. The van der Waals surface area contributed by atoms with Gasteiger partial charge in [-0.15, -0.1) is 11.8 Å². The Morgan fingerprint density at radius 2 is 2.12 bits per heavy atom. The third kappa shape index (κ3) is 4.12. The van der Waals surface area contributed by atoms with E-state index in [-0.39, 0.29) is 11.5 Å². The van der Waals surface area contributed by atoms with Gasteiger partial charge in [-0.1, -0.05) is 0 Å². The van der Waals surface area contributed by atoms with Crippen LogP contribution in [0.4, 0.5) is 18.9 Å². The Morgan fingerprint density at radius 1 is 1.35 bits per heavy atom. The van der Waals surface area contributed by atoms with Crippen LogP contribution in [-0.4, -0.2) is 53.7 Å². The third-order valence-electron chi connectivity index (χ3n) is 4.14. The number of hydrogen-bond acceptors (Lipinski definition) is 4. The van der Waals surface area contributed by atoms with Crippen LogP contribution in [0.5, 0.6) is 0 Å². The van der Waals surface area contributed by atoms with Crippen LogP contribution in [0.1, 0.15) is 23.2 Å². The van der Waals surface area contributed by atoms with E-state index in [0.717, 1.165) is 4.90 Å². The SMILES string of the molecule is O=C1CSc2ccc(C(=O)N3CCCC3C(=O)NCC(F)(F)F)cc2N1. The van der Waals surface area contributed by atoms with Gasteiger partial charge in [0.2, 0.25) is 11.8 Å². The minimum Gasteiger partial charge on any atom is -0.345 e. The zero-order valence-corrected chi connectivity index (χ0v) is 14.4. The number of fused-ring (bicyclic) bond motifs is 1. The van der Waals surface area contributed by atoms with E-state index >= 15 is 0 Å². The quantitative estimate of drug-likeness (QED) is 0.832. The number of alkyl halides is 3. The van der Waals surface area contributed by atoms with Gasteiger partial charge in [-0.2, -0.15) is 13.2 Å². The molecule has 6 nitrogen and oxygen atoms in total. The van der Waals surface area contributed by atoms with E-state index in [1.54, 1.807) is 12.1 Å². The number of amides is 3. The summed E-state index contributed by atoms with van der Waals surface area (Å²) in [6.45, 7) is -1.13.